The van der Waals surface area contributed by atoms with Crippen molar-refractivity contribution in [3.8, 4) is 11.1 Å². The first-order valence-electron chi connectivity index (χ1n) is 11.1. The van der Waals surface area contributed by atoms with Crippen molar-refractivity contribution in [1.82, 2.24) is 14.8 Å². The number of hydrogen-bond donors (Lipinski definition) is 2. The van der Waals surface area contributed by atoms with Gasteiger partial charge in [0.2, 0.25) is 5.91 Å². The number of aromatic nitrogens is 3. The van der Waals surface area contributed by atoms with Crippen molar-refractivity contribution in [2.45, 2.75) is 39.2 Å². The summed E-state index contributed by atoms with van der Waals surface area (Å²) < 4.78 is 81.2. The predicted molar refractivity (Wildman–Crippen MR) is 134 cm³/mol. The number of alkyl halides is 6. The maximum Gasteiger partial charge on any atom is 0.436 e. The van der Waals surface area contributed by atoms with Crippen LogP contribution in [0.5, 0.6) is 0 Å². The van der Waals surface area contributed by atoms with Crippen LogP contribution in [0.3, 0.4) is 0 Å². The third-order valence-corrected chi connectivity index (χ3v) is 7.31. The summed E-state index contributed by atoms with van der Waals surface area (Å²) in [6, 6.07) is 7.34. The minimum absolute atomic E-state index is 0.0128. The van der Waals surface area contributed by atoms with Crippen molar-refractivity contribution in [2.24, 2.45) is 5.73 Å². The van der Waals surface area contributed by atoms with Crippen LogP contribution in [0.25, 0.3) is 21.3 Å². The fourth-order valence-electron chi connectivity index (χ4n) is 3.83. The second kappa shape index (κ2) is 10.2. The van der Waals surface area contributed by atoms with Crippen LogP contribution in [-0.2, 0) is 23.7 Å². The van der Waals surface area contributed by atoms with Crippen LogP contribution < -0.4 is 11.1 Å². The van der Waals surface area contributed by atoms with E-state index >= 15 is 0 Å². The number of amides is 2. The van der Waals surface area contributed by atoms with E-state index in [1.807, 2.05) is 0 Å². The molecule has 0 radical (unpaired) electrons. The lowest BCUT2D eigenvalue weighted by atomic mass is 10.00. The Labute approximate surface area is 225 Å². The topological polar surface area (TPSA) is 103 Å². The van der Waals surface area contributed by atoms with Crippen molar-refractivity contribution in [1.29, 1.82) is 0 Å². The first-order valence-corrected chi connectivity index (χ1v) is 12.3. The number of nitrogens with zero attached hydrogens (tertiary/aromatic N) is 3. The number of hydrogen-bond acceptors (Lipinski definition) is 5. The fraction of sp³-hybridized carbons (Fsp3) is 0.250. The molecule has 0 unspecified atom stereocenters. The molecule has 3 N–H and O–H groups in total. The number of nitrogens with one attached hydrogen (secondary N) is 1. The number of anilines is 1. The summed E-state index contributed by atoms with van der Waals surface area (Å²) in [6.07, 6.45) is -10.00. The summed E-state index contributed by atoms with van der Waals surface area (Å²) in [7, 11) is 0. The number of thiophene rings is 1. The molecular weight excluding hydrogens is 572 g/mol. The molecular formula is C24H18ClF6N5O2S. The zero-order valence-corrected chi connectivity index (χ0v) is 21.7. The SMILES string of the molecule is Cc1ccc(-c2cc(C(F)(F)F)nc3sc(C(N)=O)c(NC(=O)CCn4nc(C(F)(F)F)c(Cl)c4C)c23)cc1. The first-order chi connectivity index (χ1) is 18.1. The number of aryl methyl sites for hydroxylation is 2. The minimum atomic E-state index is -4.80. The van der Waals surface area contributed by atoms with Gasteiger partial charge in [0.1, 0.15) is 15.4 Å². The van der Waals surface area contributed by atoms with Gasteiger partial charge in [-0.25, -0.2) is 4.98 Å². The normalized spacial score (nSPS) is 12.2. The first kappa shape index (κ1) is 28.4. The van der Waals surface area contributed by atoms with Crippen LogP contribution in [0.2, 0.25) is 5.02 Å². The van der Waals surface area contributed by atoms with Gasteiger partial charge in [-0.15, -0.1) is 11.3 Å². The quantitative estimate of drug-likeness (QED) is 0.248. The van der Waals surface area contributed by atoms with Gasteiger partial charge >= 0.3 is 12.4 Å². The average molecular weight is 590 g/mol. The highest BCUT2D eigenvalue weighted by Gasteiger charge is 2.38. The highest BCUT2D eigenvalue weighted by Crippen LogP contribution is 2.44. The fourth-order valence-corrected chi connectivity index (χ4v) is 5.08. The standard InChI is InChI=1S/C24H18ClF6N5O2S/c1-10-3-5-12(6-4-10)13-9-14(23(26,27)28)33-22-16(13)18(19(39-22)21(32)38)34-15(37)7-8-36-11(2)17(25)20(35-36)24(29,30)31/h3-6,9H,7-8H2,1-2H3,(H2,32,38)(H,34,37). The molecule has 3 aromatic heterocycles. The third-order valence-electron chi connectivity index (χ3n) is 5.76. The van der Waals surface area contributed by atoms with E-state index in [1.54, 1.807) is 31.2 Å². The Morgan fingerprint density at radius 2 is 1.72 bits per heavy atom. The lowest BCUT2D eigenvalue weighted by Gasteiger charge is -2.13. The number of halogens is 7. The Morgan fingerprint density at radius 1 is 1.08 bits per heavy atom. The van der Waals surface area contributed by atoms with Crippen LogP contribution in [0.15, 0.2) is 30.3 Å². The van der Waals surface area contributed by atoms with Crippen LogP contribution >= 0.6 is 22.9 Å². The lowest BCUT2D eigenvalue weighted by Crippen LogP contribution is -2.19. The predicted octanol–water partition coefficient (Wildman–Crippen LogP) is 6.60. The van der Waals surface area contributed by atoms with Crippen molar-refractivity contribution >= 4 is 50.7 Å². The molecule has 4 aromatic rings. The van der Waals surface area contributed by atoms with E-state index in [4.69, 9.17) is 17.3 Å². The lowest BCUT2D eigenvalue weighted by molar-refractivity contribution is -0.142. The Balaban J connectivity index is 1.76. The second-order valence-electron chi connectivity index (χ2n) is 8.54. The number of benzene rings is 1. The van der Waals surface area contributed by atoms with Gasteiger partial charge in [-0.1, -0.05) is 41.4 Å². The van der Waals surface area contributed by atoms with Crippen LogP contribution in [0, 0.1) is 13.8 Å². The molecule has 0 aliphatic rings. The second-order valence-corrected chi connectivity index (χ2v) is 9.91. The number of carbonyl (C=O) groups is 2. The molecule has 3 heterocycles. The van der Waals surface area contributed by atoms with Gasteiger partial charge < -0.3 is 11.1 Å². The van der Waals surface area contributed by atoms with Gasteiger partial charge in [0.05, 0.1) is 22.9 Å². The molecule has 0 atom stereocenters. The average Bonchev–Trinajstić information content (AvgIpc) is 3.34. The van der Waals surface area contributed by atoms with Crippen molar-refractivity contribution in [3.63, 3.8) is 0 Å². The molecule has 15 heteroatoms. The smallest absolute Gasteiger partial charge is 0.365 e. The van der Waals surface area contributed by atoms with Crippen LogP contribution in [-0.4, -0.2) is 26.6 Å². The number of rotatable bonds is 6. The Kier molecular flexibility index (Phi) is 7.38. The Hall–Kier alpha value is -3.65. The summed E-state index contributed by atoms with van der Waals surface area (Å²) >= 11 is 6.32. The molecule has 4 rings (SSSR count). The van der Waals surface area contributed by atoms with Crippen molar-refractivity contribution in [2.75, 3.05) is 5.32 Å². The Bertz CT molecular complexity index is 1590. The monoisotopic (exact) mass is 589 g/mol. The molecule has 0 saturated heterocycles. The number of primary amides is 1. The third kappa shape index (κ3) is 5.71. The molecule has 2 amide bonds. The molecule has 0 aliphatic carbocycles. The van der Waals surface area contributed by atoms with E-state index in [2.05, 4.69) is 15.4 Å². The molecule has 0 saturated carbocycles. The van der Waals surface area contributed by atoms with Gasteiger partial charge in [0.15, 0.2) is 5.69 Å². The van der Waals surface area contributed by atoms with Gasteiger partial charge in [0.25, 0.3) is 5.91 Å². The zero-order valence-electron chi connectivity index (χ0n) is 20.1. The number of pyridine rings is 1. The van der Waals surface area contributed by atoms with E-state index in [0.29, 0.717) is 16.9 Å². The molecule has 0 aliphatic heterocycles. The maximum atomic E-state index is 13.6. The van der Waals surface area contributed by atoms with Gasteiger partial charge in [-0.2, -0.15) is 31.4 Å². The van der Waals surface area contributed by atoms with Gasteiger partial charge in [-0.05, 0) is 31.0 Å². The van der Waals surface area contributed by atoms with Crippen molar-refractivity contribution < 1.29 is 35.9 Å². The largest absolute Gasteiger partial charge is 0.436 e. The molecule has 39 heavy (non-hydrogen) atoms. The molecule has 1 aromatic carbocycles. The van der Waals surface area contributed by atoms with E-state index < -0.39 is 47.0 Å². The molecule has 0 fully saturated rings. The summed E-state index contributed by atoms with van der Waals surface area (Å²) in [5.41, 5.74) is 4.08. The van der Waals surface area contributed by atoms with E-state index in [9.17, 15) is 35.9 Å². The highest BCUT2D eigenvalue weighted by molar-refractivity contribution is 7.21. The highest BCUT2D eigenvalue weighted by atomic mass is 35.5. The summed E-state index contributed by atoms with van der Waals surface area (Å²) in [5.74, 6) is -1.77. The maximum absolute atomic E-state index is 13.6. The molecule has 206 valence electrons. The zero-order chi connectivity index (χ0) is 28.9. The summed E-state index contributed by atoms with van der Waals surface area (Å²) in [5, 5.41) is 5.39. The van der Waals surface area contributed by atoms with Gasteiger partial charge in [-0.3, -0.25) is 14.3 Å². The van der Waals surface area contributed by atoms with Crippen molar-refractivity contribution in [3.05, 3.63) is 62.9 Å². The molecule has 0 bridgehead atoms. The summed E-state index contributed by atoms with van der Waals surface area (Å²) in [6.45, 7) is 2.79. The van der Waals surface area contributed by atoms with E-state index in [1.165, 1.54) is 6.92 Å². The minimum Gasteiger partial charge on any atom is -0.365 e. The van der Waals surface area contributed by atoms with Crippen LogP contribution in [0.4, 0.5) is 32.0 Å². The van der Waals surface area contributed by atoms with Crippen LogP contribution in [0.1, 0.15) is 38.7 Å². The number of fused-ring (bicyclic) bond motifs is 1. The number of nitrogens with two attached hydrogens (primary N) is 1. The number of carbonyl (C=O) groups excluding carboxylic acids is 2. The summed E-state index contributed by atoms with van der Waals surface area (Å²) in [4.78, 5) is 28.3. The molecule has 0 spiro atoms. The Morgan fingerprint density at radius 3 is 2.26 bits per heavy atom. The van der Waals surface area contributed by atoms with E-state index in [0.717, 1.165) is 16.3 Å². The van der Waals surface area contributed by atoms with Gasteiger partial charge in [0, 0.05) is 11.8 Å². The molecule has 7 nitrogen and oxygen atoms in total. The van der Waals surface area contributed by atoms with E-state index in [-0.39, 0.29) is 38.6 Å².